The highest BCUT2D eigenvalue weighted by Crippen LogP contribution is 2.04. The van der Waals surface area contributed by atoms with Crippen LogP contribution in [0.3, 0.4) is 0 Å². The van der Waals surface area contributed by atoms with Crippen LogP contribution < -0.4 is 5.32 Å². The predicted octanol–water partition coefficient (Wildman–Crippen LogP) is 3.32. The first-order valence-electron chi connectivity index (χ1n) is 6.30. The van der Waals surface area contributed by atoms with Crippen molar-refractivity contribution < 1.29 is 4.79 Å². The van der Waals surface area contributed by atoms with Crippen LogP contribution in [-0.2, 0) is 11.3 Å². The molecular formula is C17H17NO. The van der Waals surface area contributed by atoms with Crippen LogP contribution >= 0.6 is 0 Å². The van der Waals surface area contributed by atoms with Gasteiger partial charge in [-0.3, -0.25) is 4.79 Å². The molecule has 0 unspecified atom stereocenters. The summed E-state index contributed by atoms with van der Waals surface area (Å²) >= 11 is 0. The lowest BCUT2D eigenvalue weighted by atomic mass is 10.1. The fourth-order valence-corrected chi connectivity index (χ4v) is 1.81. The van der Waals surface area contributed by atoms with E-state index in [2.05, 4.69) is 11.4 Å². The Bertz CT molecular complexity index is 573. The molecule has 0 radical (unpaired) electrons. The van der Waals surface area contributed by atoms with Crippen LogP contribution in [0.1, 0.15) is 16.7 Å². The lowest BCUT2D eigenvalue weighted by Crippen LogP contribution is -2.20. The third-order valence-corrected chi connectivity index (χ3v) is 2.78. The zero-order chi connectivity index (χ0) is 13.5. The summed E-state index contributed by atoms with van der Waals surface area (Å²) < 4.78 is 0. The van der Waals surface area contributed by atoms with Gasteiger partial charge < -0.3 is 5.32 Å². The molecule has 0 aromatic heterocycles. The number of nitrogens with one attached hydrogen (secondary N) is 1. The van der Waals surface area contributed by atoms with Crippen molar-refractivity contribution in [1.29, 1.82) is 0 Å². The highest BCUT2D eigenvalue weighted by molar-refractivity contribution is 5.91. The van der Waals surface area contributed by atoms with Crippen molar-refractivity contribution in [2.24, 2.45) is 0 Å². The molecule has 2 rings (SSSR count). The van der Waals surface area contributed by atoms with E-state index in [9.17, 15) is 4.79 Å². The van der Waals surface area contributed by atoms with Gasteiger partial charge in [-0.25, -0.2) is 0 Å². The van der Waals surface area contributed by atoms with Gasteiger partial charge in [0.05, 0.1) is 0 Å². The molecule has 96 valence electrons. The van der Waals surface area contributed by atoms with Crippen molar-refractivity contribution in [2.75, 3.05) is 0 Å². The highest BCUT2D eigenvalue weighted by atomic mass is 16.1. The van der Waals surface area contributed by atoms with E-state index in [1.54, 1.807) is 6.08 Å². The van der Waals surface area contributed by atoms with Gasteiger partial charge >= 0.3 is 0 Å². The Kier molecular flexibility index (Phi) is 4.51. The number of hydrogen-bond donors (Lipinski definition) is 1. The molecule has 0 heterocycles. The molecular weight excluding hydrogens is 234 g/mol. The second-order valence-electron chi connectivity index (χ2n) is 4.45. The third-order valence-electron chi connectivity index (χ3n) is 2.78. The average Bonchev–Trinajstić information content (AvgIpc) is 2.44. The second kappa shape index (κ2) is 6.55. The molecule has 1 N–H and O–H groups in total. The van der Waals surface area contributed by atoms with Crippen LogP contribution in [0.15, 0.2) is 60.7 Å². The van der Waals surface area contributed by atoms with E-state index < -0.39 is 0 Å². The molecule has 0 aliphatic heterocycles. The van der Waals surface area contributed by atoms with Crippen LogP contribution in [0.2, 0.25) is 0 Å². The summed E-state index contributed by atoms with van der Waals surface area (Å²) in [6.07, 6.45) is 3.37. The van der Waals surface area contributed by atoms with Gasteiger partial charge in [0.25, 0.3) is 0 Å². The molecule has 1 amide bonds. The topological polar surface area (TPSA) is 29.1 Å². The summed E-state index contributed by atoms with van der Waals surface area (Å²) in [5.74, 6) is -0.0784. The Hall–Kier alpha value is -2.35. The second-order valence-corrected chi connectivity index (χ2v) is 4.45. The van der Waals surface area contributed by atoms with Gasteiger partial charge in [0.15, 0.2) is 0 Å². The van der Waals surface area contributed by atoms with E-state index in [-0.39, 0.29) is 5.91 Å². The van der Waals surface area contributed by atoms with Gasteiger partial charge in [-0.2, -0.15) is 0 Å². The predicted molar refractivity (Wildman–Crippen MR) is 78.5 cm³/mol. The third kappa shape index (κ3) is 4.43. The van der Waals surface area contributed by atoms with Gasteiger partial charge in [0.2, 0.25) is 5.91 Å². The van der Waals surface area contributed by atoms with Crippen molar-refractivity contribution in [2.45, 2.75) is 13.5 Å². The maximum atomic E-state index is 11.7. The van der Waals surface area contributed by atoms with Crippen molar-refractivity contribution in [3.8, 4) is 0 Å². The van der Waals surface area contributed by atoms with Crippen molar-refractivity contribution in [3.63, 3.8) is 0 Å². The van der Waals surface area contributed by atoms with Crippen molar-refractivity contribution >= 4 is 12.0 Å². The van der Waals surface area contributed by atoms with Crippen molar-refractivity contribution in [1.82, 2.24) is 5.32 Å². The van der Waals surface area contributed by atoms with E-state index >= 15 is 0 Å². The Morgan fingerprint density at radius 3 is 2.63 bits per heavy atom. The maximum absolute atomic E-state index is 11.7. The molecule has 0 atom stereocenters. The summed E-state index contributed by atoms with van der Waals surface area (Å²) in [6, 6.07) is 17.9. The Balaban J connectivity index is 1.87. The summed E-state index contributed by atoms with van der Waals surface area (Å²) in [7, 11) is 0. The lowest BCUT2D eigenvalue weighted by Gasteiger charge is -2.03. The number of hydrogen-bond acceptors (Lipinski definition) is 1. The summed E-state index contributed by atoms with van der Waals surface area (Å²) in [5.41, 5.74) is 3.33. The molecule has 2 nitrogen and oxygen atoms in total. The molecule has 0 fully saturated rings. The number of carbonyl (C=O) groups is 1. The first kappa shape index (κ1) is 13.1. The molecule has 2 aromatic rings. The Labute approximate surface area is 113 Å². The first-order valence-corrected chi connectivity index (χ1v) is 6.30. The molecule has 0 aliphatic carbocycles. The Morgan fingerprint density at radius 2 is 1.89 bits per heavy atom. The van der Waals surface area contributed by atoms with Crippen LogP contribution in [0.25, 0.3) is 6.08 Å². The lowest BCUT2D eigenvalue weighted by molar-refractivity contribution is -0.116. The largest absolute Gasteiger partial charge is 0.348 e. The average molecular weight is 251 g/mol. The van der Waals surface area contributed by atoms with E-state index in [0.29, 0.717) is 6.54 Å². The molecule has 0 bridgehead atoms. The molecule has 2 aromatic carbocycles. The maximum Gasteiger partial charge on any atom is 0.244 e. The van der Waals surface area contributed by atoms with Crippen LogP contribution in [-0.4, -0.2) is 5.91 Å². The molecule has 0 spiro atoms. The van der Waals surface area contributed by atoms with Gasteiger partial charge in [-0.1, -0.05) is 60.2 Å². The Morgan fingerprint density at radius 1 is 1.11 bits per heavy atom. The summed E-state index contributed by atoms with van der Waals surface area (Å²) in [5, 5.41) is 2.87. The van der Waals surface area contributed by atoms with Gasteiger partial charge in [0, 0.05) is 12.6 Å². The minimum Gasteiger partial charge on any atom is -0.348 e. The standard InChI is InChI=1S/C17H17NO/c1-14-6-5-9-16(12-14)13-18-17(19)11-10-15-7-3-2-4-8-15/h2-12H,13H2,1H3,(H,18,19)/b11-10+. The van der Waals surface area contributed by atoms with Crippen molar-refractivity contribution in [3.05, 3.63) is 77.4 Å². The zero-order valence-corrected chi connectivity index (χ0v) is 11.0. The van der Waals surface area contributed by atoms with Gasteiger partial charge in [-0.05, 0) is 24.1 Å². The summed E-state index contributed by atoms with van der Waals surface area (Å²) in [6.45, 7) is 2.60. The minimum absolute atomic E-state index is 0.0784. The first-order chi connectivity index (χ1) is 9.24. The van der Waals surface area contributed by atoms with Crippen LogP contribution in [0.4, 0.5) is 0 Å². The number of carbonyl (C=O) groups excluding carboxylic acids is 1. The van der Waals surface area contributed by atoms with Crippen LogP contribution in [0.5, 0.6) is 0 Å². The molecule has 0 aliphatic rings. The highest BCUT2D eigenvalue weighted by Gasteiger charge is 1.97. The molecule has 19 heavy (non-hydrogen) atoms. The number of rotatable bonds is 4. The number of aryl methyl sites for hydroxylation is 1. The normalized spacial score (nSPS) is 10.6. The quantitative estimate of drug-likeness (QED) is 0.830. The molecule has 2 heteroatoms. The van der Waals surface area contributed by atoms with E-state index in [0.717, 1.165) is 11.1 Å². The fraction of sp³-hybridized carbons (Fsp3) is 0.118. The van der Waals surface area contributed by atoms with E-state index in [1.165, 1.54) is 5.56 Å². The zero-order valence-electron chi connectivity index (χ0n) is 11.0. The molecule has 0 saturated heterocycles. The fourth-order valence-electron chi connectivity index (χ4n) is 1.81. The van der Waals surface area contributed by atoms with E-state index in [1.807, 2.05) is 61.5 Å². The molecule has 0 saturated carbocycles. The van der Waals surface area contributed by atoms with Gasteiger partial charge in [-0.15, -0.1) is 0 Å². The SMILES string of the molecule is Cc1cccc(CNC(=O)/C=C/c2ccccc2)c1. The smallest absolute Gasteiger partial charge is 0.244 e. The minimum atomic E-state index is -0.0784. The van der Waals surface area contributed by atoms with E-state index in [4.69, 9.17) is 0 Å². The van der Waals surface area contributed by atoms with Crippen LogP contribution in [0, 0.1) is 6.92 Å². The van der Waals surface area contributed by atoms with Gasteiger partial charge in [0.1, 0.15) is 0 Å². The number of benzene rings is 2. The number of amides is 1. The summed E-state index contributed by atoms with van der Waals surface area (Å²) in [4.78, 5) is 11.7. The monoisotopic (exact) mass is 251 g/mol.